The average molecular weight is 287 g/mol. The third-order valence-corrected chi connectivity index (χ3v) is 3.87. The maximum Gasteiger partial charge on any atom is 0.164 e. The van der Waals surface area contributed by atoms with Crippen LogP contribution < -0.4 is 5.32 Å². The second-order valence-electron chi connectivity index (χ2n) is 5.18. The van der Waals surface area contributed by atoms with Crippen LogP contribution in [-0.4, -0.2) is 46.1 Å². The normalized spacial score (nSPS) is 25.5. The van der Waals surface area contributed by atoms with Crippen LogP contribution in [0.4, 0.5) is 0 Å². The highest BCUT2D eigenvalue weighted by Gasteiger charge is 2.30. The zero-order chi connectivity index (χ0) is 14.1. The Hall–Kier alpha value is -1.83. The van der Waals surface area contributed by atoms with Crippen LogP contribution in [0.25, 0.3) is 0 Å². The molecule has 2 aromatic heterocycles. The van der Waals surface area contributed by atoms with E-state index >= 15 is 0 Å². The molecule has 2 aliphatic rings. The molecule has 110 valence electrons. The summed E-state index contributed by atoms with van der Waals surface area (Å²) in [6.07, 6.45) is 3.52. The van der Waals surface area contributed by atoms with Crippen molar-refractivity contribution in [2.45, 2.75) is 18.7 Å². The van der Waals surface area contributed by atoms with E-state index in [-0.39, 0.29) is 12.1 Å². The fourth-order valence-corrected chi connectivity index (χ4v) is 2.87. The second-order valence-corrected chi connectivity index (χ2v) is 5.18. The number of hydrogen-bond donors (Lipinski definition) is 1. The Morgan fingerprint density at radius 1 is 1.24 bits per heavy atom. The molecule has 0 aromatic carbocycles. The number of hydrogen-bond acceptors (Lipinski definition) is 6. The predicted molar refractivity (Wildman–Crippen MR) is 73.6 cm³/mol. The molecule has 2 aliphatic heterocycles. The van der Waals surface area contributed by atoms with Gasteiger partial charge in [0.25, 0.3) is 0 Å². The van der Waals surface area contributed by atoms with E-state index in [1.165, 1.54) is 0 Å². The fraction of sp³-hybridized carbons (Fsp3) is 0.500. The summed E-state index contributed by atoms with van der Waals surface area (Å²) in [7, 11) is 0. The number of ether oxygens (including phenoxy) is 2. The Bertz CT molecular complexity index is 609. The van der Waals surface area contributed by atoms with Crippen molar-refractivity contribution in [3.05, 3.63) is 41.7 Å². The third kappa shape index (κ3) is 2.33. The number of nitrogens with one attached hydrogen (secondary N) is 1. The van der Waals surface area contributed by atoms with Crippen molar-refractivity contribution in [1.29, 1.82) is 0 Å². The minimum absolute atomic E-state index is 0.0261. The summed E-state index contributed by atoms with van der Waals surface area (Å²) >= 11 is 0. The largest absolute Gasteiger partial charge is 0.376 e. The summed E-state index contributed by atoms with van der Waals surface area (Å²) in [6.45, 7) is 3.51. The molecule has 7 heteroatoms. The number of aromatic nitrogens is 4. The molecule has 7 nitrogen and oxygen atoms in total. The Balaban J connectivity index is 1.68. The van der Waals surface area contributed by atoms with E-state index in [2.05, 4.69) is 31.1 Å². The molecule has 0 amide bonds. The van der Waals surface area contributed by atoms with Crippen molar-refractivity contribution in [2.75, 3.05) is 26.4 Å². The molecule has 0 radical (unpaired) electrons. The summed E-state index contributed by atoms with van der Waals surface area (Å²) in [5, 5.41) is 12.2. The van der Waals surface area contributed by atoms with Crippen LogP contribution >= 0.6 is 0 Å². The molecule has 4 heterocycles. The number of rotatable bonds is 2. The highest BCUT2D eigenvalue weighted by atomic mass is 16.6. The summed E-state index contributed by atoms with van der Waals surface area (Å²) in [4.78, 5) is 4.19. The summed E-state index contributed by atoms with van der Waals surface area (Å²) in [5.74, 6) is 1.78. The molecular formula is C14H17N5O2. The van der Waals surface area contributed by atoms with E-state index < -0.39 is 0 Å². The standard InChI is InChI=1S/C14H17N5O2/c1-2-10(8-15-3-1)12-14-18-17-13(19(14)5-4-16-12)11-9-20-6-7-21-11/h1-3,8,11-12,16H,4-7,9H2. The fourth-order valence-electron chi connectivity index (χ4n) is 2.87. The molecular weight excluding hydrogens is 270 g/mol. The maximum atomic E-state index is 5.75. The number of nitrogens with zero attached hydrogens (tertiary/aromatic N) is 4. The van der Waals surface area contributed by atoms with E-state index in [9.17, 15) is 0 Å². The molecule has 0 aliphatic carbocycles. The summed E-state index contributed by atoms with van der Waals surface area (Å²) in [6, 6.07) is 4.01. The van der Waals surface area contributed by atoms with Crippen molar-refractivity contribution in [1.82, 2.24) is 25.1 Å². The minimum Gasteiger partial charge on any atom is -0.376 e. The molecule has 0 saturated carbocycles. The lowest BCUT2D eigenvalue weighted by Crippen LogP contribution is -2.36. The van der Waals surface area contributed by atoms with Crippen LogP contribution in [0.2, 0.25) is 0 Å². The molecule has 2 atom stereocenters. The van der Waals surface area contributed by atoms with Gasteiger partial charge in [-0.25, -0.2) is 0 Å². The van der Waals surface area contributed by atoms with Gasteiger partial charge >= 0.3 is 0 Å². The molecule has 0 bridgehead atoms. The SMILES string of the molecule is c1cncc(C2NCCn3c(C4COCCO4)nnc32)c1. The van der Waals surface area contributed by atoms with Crippen LogP contribution in [0.1, 0.15) is 29.4 Å². The Morgan fingerprint density at radius 3 is 3.00 bits per heavy atom. The van der Waals surface area contributed by atoms with Gasteiger partial charge in [-0.05, 0) is 11.6 Å². The smallest absolute Gasteiger partial charge is 0.164 e. The van der Waals surface area contributed by atoms with Gasteiger partial charge in [-0.3, -0.25) is 4.98 Å². The molecule has 1 N–H and O–H groups in total. The second kappa shape index (κ2) is 5.51. The molecule has 2 aromatic rings. The first-order valence-electron chi connectivity index (χ1n) is 7.19. The van der Waals surface area contributed by atoms with Crippen LogP contribution in [0.3, 0.4) is 0 Å². The first kappa shape index (κ1) is 12.9. The van der Waals surface area contributed by atoms with Crippen molar-refractivity contribution < 1.29 is 9.47 Å². The molecule has 1 saturated heterocycles. The van der Waals surface area contributed by atoms with Crippen LogP contribution in [0.5, 0.6) is 0 Å². The molecule has 21 heavy (non-hydrogen) atoms. The Labute approximate surface area is 122 Å². The van der Waals surface area contributed by atoms with Crippen LogP contribution in [0.15, 0.2) is 24.5 Å². The number of fused-ring (bicyclic) bond motifs is 1. The molecule has 2 unspecified atom stereocenters. The van der Waals surface area contributed by atoms with Gasteiger partial charge in [0.05, 0.1) is 25.9 Å². The van der Waals surface area contributed by atoms with Gasteiger partial charge in [0.15, 0.2) is 11.6 Å². The van der Waals surface area contributed by atoms with E-state index in [1.807, 2.05) is 12.3 Å². The topological polar surface area (TPSA) is 74.1 Å². The van der Waals surface area contributed by atoms with Crippen LogP contribution in [0, 0.1) is 0 Å². The molecule has 4 rings (SSSR count). The zero-order valence-electron chi connectivity index (χ0n) is 11.6. The highest BCUT2D eigenvalue weighted by molar-refractivity contribution is 5.23. The quantitative estimate of drug-likeness (QED) is 0.864. The maximum absolute atomic E-state index is 5.75. The first-order valence-corrected chi connectivity index (χ1v) is 7.19. The monoisotopic (exact) mass is 287 g/mol. The average Bonchev–Trinajstić information content (AvgIpc) is 3.00. The summed E-state index contributed by atoms with van der Waals surface area (Å²) < 4.78 is 13.4. The van der Waals surface area contributed by atoms with Gasteiger partial charge in [0.1, 0.15) is 6.10 Å². The van der Waals surface area contributed by atoms with Gasteiger partial charge in [0, 0.05) is 25.5 Å². The van der Waals surface area contributed by atoms with Crippen molar-refractivity contribution >= 4 is 0 Å². The van der Waals surface area contributed by atoms with Gasteiger partial charge in [0.2, 0.25) is 0 Å². The number of pyridine rings is 1. The first-order chi connectivity index (χ1) is 10.4. The molecule has 1 fully saturated rings. The van der Waals surface area contributed by atoms with E-state index in [0.29, 0.717) is 19.8 Å². The van der Waals surface area contributed by atoms with E-state index in [1.54, 1.807) is 6.20 Å². The van der Waals surface area contributed by atoms with Gasteiger partial charge in [-0.2, -0.15) is 0 Å². The third-order valence-electron chi connectivity index (χ3n) is 3.87. The van der Waals surface area contributed by atoms with Gasteiger partial charge in [-0.1, -0.05) is 6.07 Å². The van der Waals surface area contributed by atoms with Crippen LogP contribution in [-0.2, 0) is 16.0 Å². The minimum atomic E-state index is -0.118. The lowest BCUT2D eigenvalue weighted by molar-refractivity contribution is -0.0949. The predicted octanol–water partition coefficient (Wildman–Crippen LogP) is 0.454. The van der Waals surface area contributed by atoms with Crippen molar-refractivity contribution in [3.8, 4) is 0 Å². The van der Waals surface area contributed by atoms with E-state index in [0.717, 1.165) is 30.3 Å². The Kier molecular flexibility index (Phi) is 3.38. The lowest BCUT2D eigenvalue weighted by Gasteiger charge is -2.28. The van der Waals surface area contributed by atoms with Gasteiger partial charge in [-0.15, -0.1) is 10.2 Å². The van der Waals surface area contributed by atoms with Crippen molar-refractivity contribution in [3.63, 3.8) is 0 Å². The zero-order valence-corrected chi connectivity index (χ0v) is 11.6. The Morgan fingerprint density at radius 2 is 2.19 bits per heavy atom. The summed E-state index contributed by atoms with van der Waals surface area (Å²) in [5.41, 5.74) is 1.10. The van der Waals surface area contributed by atoms with E-state index in [4.69, 9.17) is 9.47 Å². The lowest BCUT2D eigenvalue weighted by atomic mass is 10.1. The highest BCUT2D eigenvalue weighted by Crippen LogP contribution is 2.27. The van der Waals surface area contributed by atoms with Gasteiger partial charge < -0.3 is 19.4 Å². The van der Waals surface area contributed by atoms with Crippen molar-refractivity contribution in [2.24, 2.45) is 0 Å². The molecule has 0 spiro atoms.